The number of benzene rings is 1. The fourth-order valence-electron chi connectivity index (χ4n) is 2.78. The van der Waals surface area contributed by atoms with Crippen molar-refractivity contribution in [2.75, 3.05) is 68.6 Å². The van der Waals surface area contributed by atoms with Crippen molar-refractivity contribution in [1.82, 2.24) is 14.7 Å². The highest BCUT2D eigenvalue weighted by atomic mass is 79.9. The summed E-state index contributed by atoms with van der Waals surface area (Å²) in [6, 6.07) is 4.07. The van der Waals surface area contributed by atoms with E-state index in [4.69, 9.17) is 9.47 Å². The first-order chi connectivity index (χ1) is 11.9. The van der Waals surface area contributed by atoms with Crippen LogP contribution in [0.4, 0.5) is 0 Å². The standard InChI is InChI=1S/C19H34BrN3O2/c1-21(2)9-7-11-23(12-8-10-22(3)4)15-16-13-17(20)19(25-6)14-18(16)24-5/h13-14H,7-12,15H2,1-6H3. The molecule has 1 rings (SSSR count). The zero-order valence-electron chi connectivity index (χ0n) is 16.6. The van der Waals surface area contributed by atoms with Crippen LogP contribution in [0, 0.1) is 0 Å². The second-order valence-electron chi connectivity index (χ2n) is 6.89. The predicted molar refractivity (Wildman–Crippen MR) is 109 cm³/mol. The van der Waals surface area contributed by atoms with Crippen molar-refractivity contribution in [2.24, 2.45) is 0 Å². The summed E-state index contributed by atoms with van der Waals surface area (Å²) in [5, 5.41) is 0. The average molecular weight is 416 g/mol. The molecule has 0 fully saturated rings. The molecular weight excluding hydrogens is 382 g/mol. The molecule has 0 aliphatic rings. The van der Waals surface area contributed by atoms with E-state index in [1.165, 1.54) is 5.56 Å². The Hall–Kier alpha value is -0.820. The molecular formula is C19H34BrN3O2. The van der Waals surface area contributed by atoms with E-state index in [2.05, 4.69) is 64.9 Å². The smallest absolute Gasteiger partial charge is 0.136 e. The number of rotatable bonds is 12. The van der Waals surface area contributed by atoms with Crippen molar-refractivity contribution >= 4 is 15.9 Å². The predicted octanol–water partition coefficient (Wildman–Crippen LogP) is 3.17. The van der Waals surface area contributed by atoms with E-state index in [0.717, 1.165) is 61.5 Å². The molecule has 1 aromatic rings. The minimum absolute atomic E-state index is 0.798. The molecule has 5 nitrogen and oxygen atoms in total. The Bertz CT molecular complexity index is 496. The van der Waals surface area contributed by atoms with Crippen molar-refractivity contribution in [3.63, 3.8) is 0 Å². The second-order valence-corrected chi connectivity index (χ2v) is 7.74. The van der Waals surface area contributed by atoms with Gasteiger partial charge in [-0.25, -0.2) is 0 Å². The van der Waals surface area contributed by atoms with E-state index in [0.29, 0.717) is 0 Å². The quantitative estimate of drug-likeness (QED) is 0.522. The summed E-state index contributed by atoms with van der Waals surface area (Å²) in [5.41, 5.74) is 1.19. The molecule has 0 unspecified atom stereocenters. The molecule has 0 amide bonds. The first-order valence-corrected chi connectivity index (χ1v) is 9.58. The van der Waals surface area contributed by atoms with Crippen molar-refractivity contribution in [3.05, 3.63) is 22.2 Å². The first kappa shape index (κ1) is 22.2. The van der Waals surface area contributed by atoms with Gasteiger partial charge in [-0.3, -0.25) is 4.90 Å². The van der Waals surface area contributed by atoms with Gasteiger partial charge < -0.3 is 19.3 Å². The van der Waals surface area contributed by atoms with Gasteiger partial charge in [0.2, 0.25) is 0 Å². The molecule has 0 aliphatic carbocycles. The van der Waals surface area contributed by atoms with Crippen LogP contribution in [-0.4, -0.2) is 83.3 Å². The SMILES string of the molecule is COc1cc(OC)c(CN(CCCN(C)C)CCCN(C)C)cc1Br. The number of ether oxygens (including phenoxy) is 2. The van der Waals surface area contributed by atoms with Gasteiger partial charge in [0.15, 0.2) is 0 Å². The maximum atomic E-state index is 5.59. The van der Waals surface area contributed by atoms with Gasteiger partial charge in [0, 0.05) is 18.2 Å². The molecule has 0 saturated carbocycles. The van der Waals surface area contributed by atoms with Gasteiger partial charge in [-0.1, -0.05) is 0 Å². The van der Waals surface area contributed by atoms with Crippen molar-refractivity contribution in [1.29, 1.82) is 0 Å². The van der Waals surface area contributed by atoms with Crippen LogP contribution < -0.4 is 9.47 Å². The number of hydrogen-bond acceptors (Lipinski definition) is 5. The lowest BCUT2D eigenvalue weighted by atomic mass is 10.1. The van der Waals surface area contributed by atoms with Crippen LogP contribution in [0.25, 0.3) is 0 Å². The lowest BCUT2D eigenvalue weighted by molar-refractivity contribution is 0.231. The van der Waals surface area contributed by atoms with E-state index < -0.39 is 0 Å². The van der Waals surface area contributed by atoms with Gasteiger partial charge >= 0.3 is 0 Å². The Labute approximate surface area is 162 Å². The Balaban J connectivity index is 2.81. The summed E-state index contributed by atoms with van der Waals surface area (Å²) >= 11 is 3.59. The molecule has 0 saturated heterocycles. The largest absolute Gasteiger partial charge is 0.496 e. The Morgan fingerprint density at radius 2 is 1.32 bits per heavy atom. The molecule has 0 radical (unpaired) electrons. The fourth-order valence-corrected chi connectivity index (χ4v) is 3.33. The van der Waals surface area contributed by atoms with Gasteiger partial charge in [-0.15, -0.1) is 0 Å². The van der Waals surface area contributed by atoms with Gasteiger partial charge in [-0.05, 0) is 89.2 Å². The van der Waals surface area contributed by atoms with Crippen LogP contribution in [0.3, 0.4) is 0 Å². The fraction of sp³-hybridized carbons (Fsp3) is 0.684. The topological polar surface area (TPSA) is 28.2 Å². The molecule has 0 aliphatic heterocycles. The summed E-state index contributed by atoms with van der Waals surface area (Å²) in [6.45, 7) is 5.25. The van der Waals surface area contributed by atoms with Crippen molar-refractivity contribution < 1.29 is 9.47 Å². The van der Waals surface area contributed by atoms with E-state index >= 15 is 0 Å². The third-order valence-corrected chi connectivity index (χ3v) is 4.73. The summed E-state index contributed by atoms with van der Waals surface area (Å²) in [4.78, 5) is 6.99. The molecule has 0 spiro atoms. The highest BCUT2D eigenvalue weighted by molar-refractivity contribution is 9.10. The zero-order chi connectivity index (χ0) is 18.8. The van der Waals surface area contributed by atoms with E-state index in [9.17, 15) is 0 Å². The molecule has 144 valence electrons. The van der Waals surface area contributed by atoms with Gasteiger partial charge in [-0.2, -0.15) is 0 Å². The monoisotopic (exact) mass is 415 g/mol. The van der Waals surface area contributed by atoms with Crippen LogP contribution in [-0.2, 0) is 6.54 Å². The Morgan fingerprint density at radius 3 is 1.76 bits per heavy atom. The lowest BCUT2D eigenvalue weighted by Gasteiger charge is -2.25. The number of methoxy groups -OCH3 is 2. The van der Waals surface area contributed by atoms with Gasteiger partial charge in [0.1, 0.15) is 11.5 Å². The molecule has 0 bridgehead atoms. The van der Waals surface area contributed by atoms with E-state index in [-0.39, 0.29) is 0 Å². The molecule has 0 N–H and O–H groups in total. The summed E-state index contributed by atoms with van der Waals surface area (Å²) < 4.78 is 11.9. The molecule has 25 heavy (non-hydrogen) atoms. The zero-order valence-corrected chi connectivity index (χ0v) is 18.2. The number of nitrogens with zero attached hydrogens (tertiary/aromatic N) is 3. The molecule has 0 heterocycles. The highest BCUT2D eigenvalue weighted by Gasteiger charge is 2.14. The van der Waals surface area contributed by atoms with Crippen LogP contribution in [0.2, 0.25) is 0 Å². The average Bonchev–Trinajstić information content (AvgIpc) is 2.54. The number of halogens is 1. The summed E-state index contributed by atoms with van der Waals surface area (Å²) in [6.07, 6.45) is 2.32. The first-order valence-electron chi connectivity index (χ1n) is 8.79. The summed E-state index contributed by atoms with van der Waals surface area (Å²) in [5.74, 6) is 1.68. The summed E-state index contributed by atoms with van der Waals surface area (Å²) in [7, 11) is 11.9. The van der Waals surface area contributed by atoms with Crippen LogP contribution in [0.1, 0.15) is 18.4 Å². The molecule has 1 aromatic carbocycles. The molecule has 0 atom stereocenters. The molecule has 6 heteroatoms. The van der Waals surface area contributed by atoms with Gasteiger partial charge in [0.25, 0.3) is 0 Å². The maximum absolute atomic E-state index is 5.59. The van der Waals surface area contributed by atoms with Gasteiger partial charge in [0.05, 0.1) is 18.7 Å². The maximum Gasteiger partial charge on any atom is 0.136 e. The van der Waals surface area contributed by atoms with Crippen LogP contribution in [0.5, 0.6) is 11.5 Å². The second kappa shape index (κ2) is 11.7. The third-order valence-electron chi connectivity index (χ3n) is 4.11. The van der Waals surface area contributed by atoms with Crippen LogP contribution in [0.15, 0.2) is 16.6 Å². The lowest BCUT2D eigenvalue weighted by Crippen LogP contribution is -2.30. The van der Waals surface area contributed by atoms with E-state index in [1.807, 2.05) is 6.07 Å². The minimum Gasteiger partial charge on any atom is -0.496 e. The normalized spacial score (nSPS) is 11.6. The van der Waals surface area contributed by atoms with Crippen molar-refractivity contribution in [2.45, 2.75) is 19.4 Å². The van der Waals surface area contributed by atoms with Crippen LogP contribution >= 0.6 is 15.9 Å². The highest BCUT2D eigenvalue weighted by Crippen LogP contribution is 2.33. The molecule has 0 aromatic heterocycles. The van der Waals surface area contributed by atoms with E-state index in [1.54, 1.807) is 14.2 Å². The Morgan fingerprint density at radius 1 is 0.800 bits per heavy atom. The third kappa shape index (κ3) is 8.40. The minimum atomic E-state index is 0.798. The Kier molecular flexibility index (Phi) is 10.4. The van der Waals surface area contributed by atoms with Crippen molar-refractivity contribution in [3.8, 4) is 11.5 Å². The number of hydrogen-bond donors (Lipinski definition) is 0.